The lowest BCUT2D eigenvalue weighted by Gasteiger charge is -2.06. The van der Waals surface area contributed by atoms with Crippen molar-refractivity contribution in [2.45, 2.75) is 6.61 Å². The van der Waals surface area contributed by atoms with Gasteiger partial charge in [-0.05, 0) is 35.9 Å². The third kappa shape index (κ3) is 3.30. The molecule has 0 spiro atoms. The lowest BCUT2D eigenvalue weighted by atomic mass is 10.2. The van der Waals surface area contributed by atoms with Gasteiger partial charge in [-0.2, -0.15) is 0 Å². The predicted molar refractivity (Wildman–Crippen MR) is 69.7 cm³/mol. The Balaban J connectivity index is 2.06. The molecule has 1 aromatic heterocycles. The number of aromatic nitrogens is 1. The molecule has 0 saturated heterocycles. The summed E-state index contributed by atoms with van der Waals surface area (Å²) in [6.07, 6.45) is 1.46. The third-order valence-electron chi connectivity index (χ3n) is 2.25. The zero-order chi connectivity index (χ0) is 13.0. The first-order chi connectivity index (χ1) is 8.65. The largest absolute Gasteiger partial charge is 0.489 e. The van der Waals surface area contributed by atoms with Gasteiger partial charge in [0.1, 0.15) is 18.1 Å². The highest BCUT2D eigenvalue weighted by atomic mass is 79.9. The molecule has 1 heterocycles. The number of hydrogen-bond acceptors (Lipinski definition) is 3. The molecule has 4 nitrogen and oxygen atoms in total. The van der Waals surface area contributed by atoms with E-state index in [2.05, 4.69) is 20.9 Å². The second kappa shape index (κ2) is 5.64. The van der Waals surface area contributed by atoms with Gasteiger partial charge in [-0.1, -0.05) is 22.0 Å². The second-order valence-corrected chi connectivity index (χ2v) is 4.52. The molecular formula is C13H10BrNO3. The summed E-state index contributed by atoms with van der Waals surface area (Å²) in [6.45, 7) is 0.305. The van der Waals surface area contributed by atoms with Gasteiger partial charge in [-0.3, -0.25) is 0 Å². The summed E-state index contributed by atoms with van der Waals surface area (Å²) in [6, 6.07) is 10.7. The summed E-state index contributed by atoms with van der Waals surface area (Å²) in [4.78, 5) is 14.5. The van der Waals surface area contributed by atoms with Crippen LogP contribution in [-0.2, 0) is 6.61 Å². The first-order valence-corrected chi connectivity index (χ1v) is 6.01. The minimum atomic E-state index is -1.04. The molecule has 92 valence electrons. The van der Waals surface area contributed by atoms with Crippen molar-refractivity contribution in [2.75, 3.05) is 0 Å². The zero-order valence-electron chi connectivity index (χ0n) is 9.34. The van der Waals surface area contributed by atoms with Crippen LogP contribution in [0, 0.1) is 0 Å². The fraction of sp³-hybridized carbons (Fsp3) is 0.0769. The van der Waals surface area contributed by atoms with E-state index in [-0.39, 0.29) is 5.69 Å². The summed E-state index contributed by atoms with van der Waals surface area (Å²) >= 11 is 3.35. The van der Waals surface area contributed by atoms with E-state index in [1.165, 1.54) is 12.3 Å². The highest BCUT2D eigenvalue weighted by Gasteiger charge is 2.05. The Morgan fingerprint density at radius 3 is 2.89 bits per heavy atom. The van der Waals surface area contributed by atoms with Crippen LogP contribution in [0.25, 0.3) is 0 Å². The molecule has 0 fully saturated rings. The number of halogens is 1. The SMILES string of the molecule is O=C(O)c1cc(COc2cccc(Br)c2)ccn1. The molecule has 1 N–H and O–H groups in total. The van der Waals surface area contributed by atoms with Crippen LogP contribution >= 0.6 is 15.9 Å². The Kier molecular flexibility index (Phi) is 3.94. The first-order valence-electron chi connectivity index (χ1n) is 5.22. The Morgan fingerprint density at radius 1 is 1.33 bits per heavy atom. The molecule has 0 bridgehead atoms. The molecule has 18 heavy (non-hydrogen) atoms. The number of hydrogen-bond donors (Lipinski definition) is 1. The van der Waals surface area contributed by atoms with E-state index in [1.807, 2.05) is 24.3 Å². The maximum atomic E-state index is 10.8. The van der Waals surface area contributed by atoms with Crippen molar-refractivity contribution in [1.29, 1.82) is 0 Å². The highest BCUT2D eigenvalue weighted by molar-refractivity contribution is 9.10. The average Bonchev–Trinajstić information content (AvgIpc) is 2.37. The predicted octanol–water partition coefficient (Wildman–Crippen LogP) is 3.12. The normalized spacial score (nSPS) is 10.1. The molecule has 0 unspecified atom stereocenters. The van der Waals surface area contributed by atoms with Gasteiger partial charge in [-0.25, -0.2) is 9.78 Å². The lowest BCUT2D eigenvalue weighted by Crippen LogP contribution is -2.02. The van der Waals surface area contributed by atoms with Gasteiger partial charge in [0, 0.05) is 10.7 Å². The molecule has 0 aliphatic heterocycles. The van der Waals surface area contributed by atoms with Gasteiger partial charge in [-0.15, -0.1) is 0 Å². The molecule has 0 saturated carbocycles. The molecule has 0 aliphatic rings. The van der Waals surface area contributed by atoms with E-state index in [9.17, 15) is 4.79 Å². The van der Waals surface area contributed by atoms with Gasteiger partial charge in [0.15, 0.2) is 0 Å². The molecule has 2 aromatic rings. The van der Waals surface area contributed by atoms with Crippen molar-refractivity contribution in [1.82, 2.24) is 4.98 Å². The van der Waals surface area contributed by atoms with Crippen molar-refractivity contribution in [3.63, 3.8) is 0 Å². The lowest BCUT2D eigenvalue weighted by molar-refractivity contribution is 0.0690. The van der Waals surface area contributed by atoms with Crippen LogP contribution in [0.5, 0.6) is 5.75 Å². The first kappa shape index (κ1) is 12.6. The molecular weight excluding hydrogens is 298 g/mol. The smallest absolute Gasteiger partial charge is 0.354 e. The van der Waals surface area contributed by atoms with Crippen LogP contribution in [0.1, 0.15) is 16.1 Å². The average molecular weight is 308 g/mol. The number of carboxylic acids is 1. The number of carboxylic acid groups (broad SMARTS) is 1. The molecule has 0 atom stereocenters. The molecule has 2 rings (SSSR count). The van der Waals surface area contributed by atoms with E-state index in [4.69, 9.17) is 9.84 Å². The van der Waals surface area contributed by atoms with Crippen LogP contribution in [-0.4, -0.2) is 16.1 Å². The summed E-state index contributed by atoms with van der Waals surface area (Å²) in [7, 11) is 0. The van der Waals surface area contributed by atoms with Crippen LogP contribution in [0.4, 0.5) is 0 Å². The topological polar surface area (TPSA) is 59.4 Å². The van der Waals surface area contributed by atoms with Gasteiger partial charge in [0.05, 0.1) is 0 Å². The zero-order valence-corrected chi connectivity index (χ0v) is 10.9. The van der Waals surface area contributed by atoms with Gasteiger partial charge >= 0.3 is 5.97 Å². The summed E-state index contributed by atoms with van der Waals surface area (Å²) in [5, 5.41) is 8.82. The number of ether oxygens (including phenoxy) is 1. The standard InChI is InChI=1S/C13H10BrNO3/c14-10-2-1-3-11(7-10)18-8-9-4-5-15-12(6-9)13(16)17/h1-7H,8H2,(H,16,17). The number of carbonyl (C=O) groups is 1. The van der Waals surface area contributed by atoms with Gasteiger partial charge < -0.3 is 9.84 Å². The second-order valence-electron chi connectivity index (χ2n) is 3.60. The van der Waals surface area contributed by atoms with E-state index in [1.54, 1.807) is 6.07 Å². The van der Waals surface area contributed by atoms with Gasteiger partial charge in [0.25, 0.3) is 0 Å². The Labute approximate surface area is 112 Å². The monoisotopic (exact) mass is 307 g/mol. The summed E-state index contributed by atoms with van der Waals surface area (Å²) < 4.78 is 6.49. The van der Waals surface area contributed by atoms with Crippen molar-refractivity contribution in [2.24, 2.45) is 0 Å². The Morgan fingerprint density at radius 2 is 2.17 bits per heavy atom. The minimum Gasteiger partial charge on any atom is -0.489 e. The number of rotatable bonds is 4. The maximum Gasteiger partial charge on any atom is 0.354 e. The number of benzene rings is 1. The quantitative estimate of drug-likeness (QED) is 0.943. The summed E-state index contributed by atoms with van der Waals surface area (Å²) in [5.41, 5.74) is 0.785. The maximum absolute atomic E-state index is 10.8. The van der Waals surface area contributed by atoms with Crippen LogP contribution in [0.15, 0.2) is 47.1 Å². The van der Waals surface area contributed by atoms with Crippen LogP contribution in [0.2, 0.25) is 0 Å². The molecule has 0 aliphatic carbocycles. The molecule has 0 amide bonds. The highest BCUT2D eigenvalue weighted by Crippen LogP contribution is 2.18. The van der Waals surface area contributed by atoms with Crippen LogP contribution in [0.3, 0.4) is 0 Å². The van der Waals surface area contributed by atoms with Crippen molar-refractivity contribution in [3.05, 3.63) is 58.3 Å². The van der Waals surface area contributed by atoms with E-state index < -0.39 is 5.97 Å². The molecule has 5 heteroatoms. The molecule has 0 radical (unpaired) electrons. The van der Waals surface area contributed by atoms with Crippen molar-refractivity contribution < 1.29 is 14.6 Å². The Hall–Kier alpha value is -1.88. The number of aromatic carboxylic acids is 1. The van der Waals surface area contributed by atoms with Gasteiger partial charge in [0.2, 0.25) is 0 Å². The van der Waals surface area contributed by atoms with Crippen molar-refractivity contribution >= 4 is 21.9 Å². The Bertz CT molecular complexity index is 572. The fourth-order valence-electron chi connectivity index (χ4n) is 1.40. The van der Waals surface area contributed by atoms with E-state index in [0.29, 0.717) is 6.61 Å². The van der Waals surface area contributed by atoms with E-state index >= 15 is 0 Å². The fourth-order valence-corrected chi connectivity index (χ4v) is 1.78. The van der Waals surface area contributed by atoms with E-state index in [0.717, 1.165) is 15.8 Å². The number of nitrogens with zero attached hydrogens (tertiary/aromatic N) is 1. The molecule has 1 aromatic carbocycles. The van der Waals surface area contributed by atoms with Crippen LogP contribution < -0.4 is 4.74 Å². The summed E-state index contributed by atoms with van der Waals surface area (Å²) in [5.74, 6) is -0.322. The van der Waals surface area contributed by atoms with Crippen molar-refractivity contribution in [3.8, 4) is 5.75 Å². The minimum absolute atomic E-state index is 0.0188. The third-order valence-corrected chi connectivity index (χ3v) is 2.74. The number of pyridine rings is 1.